The zero-order chi connectivity index (χ0) is 34.9. The average Bonchev–Trinajstić information content (AvgIpc) is 3.80. The molecule has 3 heteroatoms. The molecule has 9 aromatic carbocycles. The van der Waals surface area contributed by atoms with Gasteiger partial charge in [0.2, 0.25) is 0 Å². The molecule has 0 unspecified atom stereocenters. The summed E-state index contributed by atoms with van der Waals surface area (Å²) in [6.45, 7) is 0. The summed E-state index contributed by atoms with van der Waals surface area (Å²) in [4.78, 5) is 2.38. The third kappa shape index (κ3) is 4.68. The molecule has 0 atom stereocenters. The second-order valence-electron chi connectivity index (χ2n) is 13.6. The highest BCUT2D eigenvalue weighted by Gasteiger charge is 2.21. The fourth-order valence-electron chi connectivity index (χ4n) is 8.22. The van der Waals surface area contributed by atoms with Crippen LogP contribution in [0.3, 0.4) is 0 Å². The lowest BCUT2D eigenvalue weighted by atomic mass is 9.94. The minimum atomic E-state index is 0.875. The van der Waals surface area contributed by atoms with Crippen molar-refractivity contribution < 1.29 is 8.83 Å². The summed E-state index contributed by atoms with van der Waals surface area (Å²) in [5.41, 5.74) is 11.4. The van der Waals surface area contributed by atoms with Crippen molar-refractivity contribution in [3.63, 3.8) is 0 Å². The van der Waals surface area contributed by atoms with Crippen molar-refractivity contribution in [1.82, 2.24) is 0 Å². The largest absolute Gasteiger partial charge is 0.456 e. The van der Waals surface area contributed by atoms with E-state index in [2.05, 4.69) is 169 Å². The second-order valence-corrected chi connectivity index (χ2v) is 13.6. The van der Waals surface area contributed by atoms with Crippen LogP contribution in [0.5, 0.6) is 0 Å². The number of para-hydroxylation sites is 3. The van der Waals surface area contributed by atoms with Gasteiger partial charge in [0.1, 0.15) is 22.3 Å². The molecule has 0 aliphatic carbocycles. The van der Waals surface area contributed by atoms with Gasteiger partial charge in [-0.25, -0.2) is 0 Å². The Morgan fingerprint density at radius 1 is 0.321 bits per heavy atom. The summed E-state index contributed by atoms with van der Waals surface area (Å²) in [6.07, 6.45) is 0. The van der Waals surface area contributed by atoms with Crippen LogP contribution in [0.2, 0.25) is 0 Å². The van der Waals surface area contributed by atoms with Crippen molar-refractivity contribution in [2.45, 2.75) is 0 Å². The first-order valence-electron chi connectivity index (χ1n) is 18.0. The van der Waals surface area contributed by atoms with E-state index in [1.807, 2.05) is 24.3 Å². The molecule has 53 heavy (non-hydrogen) atoms. The number of rotatable bonds is 5. The van der Waals surface area contributed by atoms with E-state index in [0.29, 0.717) is 0 Å². The van der Waals surface area contributed by atoms with Gasteiger partial charge in [0.15, 0.2) is 0 Å². The molecule has 11 rings (SSSR count). The van der Waals surface area contributed by atoms with Crippen molar-refractivity contribution in [2.75, 3.05) is 4.90 Å². The number of fused-ring (bicyclic) bond motifs is 8. The Hall–Kier alpha value is -7.10. The van der Waals surface area contributed by atoms with Gasteiger partial charge < -0.3 is 13.7 Å². The molecule has 0 saturated heterocycles. The fraction of sp³-hybridized carbons (Fsp3) is 0. The predicted molar refractivity (Wildman–Crippen MR) is 222 cm³/mol. The van der Waals surface area contributed by atoms with Crippen molar-refractivity contribution in [3.05, 3.63) is 188 Å². The Kier molecular flexibility index (Phi) is 6.55. The highest BCUT2D eigenvalue weighted by Crippen LogP contribution is 2.45. The van der Waals surface area contributed by atoms with Crippen LogP contribution < -0.4 is 4.90 Å². The van der Waals surface area contributed by atoms with E-state index in [1.54, 1.807) is 0 Å². The first kappa shape index (κ1) is 29.6. The van der Waals surface area contributed by atoms with Gasteiger partial charge in [-0.05, 0) is 81.4 Å². The highest BCUT2D eigenvalue weighted by molar-refractivity contribution is 6.14. The summed E-state index contributed by atoms with van der Waals surface area (Å²) in [5, 5.41) is 9.24. The van der Waals surface area contributed by atoms with E-state index < -0.39 is 0 Å². The third-order valence-electron chi connectivity index (χ3n) is 10.7. The van der Waals surface area contributed by atoms with Crippen LogP contribution in [0, 0.1) is 0 Å². The summed E-state index contributed by atoms with van der Waals surface area (Å²) in [6, 6.07) is 66.9. The maximum absolute atomic E-state index is 6.53. The predicted octanol–water partition coefficient (Wildman–Crippen LogP) is 14.6. The Labute approximate surface area is 305 Å². The maximum Gasteiger partial charge on any atom is 0.143 e. The van der Waals surface area contributed by atoms with Crippen LogP contribution in [0.4, 0.5) is 17.1 Å². The van der Waals surface area contributed by atoms with Gasteiger partial charge in [-0.3, -0.25) is 0 Å². The lowest BCUT2D eigenvalue weighted by molar-refractivity contribution is 0.669. The molecule has 3 nitrogen and oxygen atoms in total. The molecule has 2 aromatic heterocycles. The molecule has 0 amide bonds. The quantitative estimate of drug-likeness (QED) is 0.182. The molecule has 0 N–H and O–H groups in total. The molecule has 0 radical (unpaired) electrons. The summed E-state index contributed by atoms with van der Waals surface area (Å²) in [5.74, 6) is 0. The van der Waals surface area contributed by atoms with Crippen LogP contribution in [-0.4, -0.2) is 0 Å². The lowest BCUT2D eigenvalue weighted by Crippen LogP contribution is -2.10. The zero-order valence-electron chi connectivity index (χ0n) is 28.7. The fourth-order valence-corrected chi connectivity index (χ4v) is 8.22. The average molecular weight is 678 g/mol. The molecule has 0 spiro atoms. The topological polar surface area (TPSA) is 29.5 Å². The minimum absolute atomic E-state index is 0.875. The van der Waals surface area contributed by atoms with E-state index in [1.165, 1.54) is 21.9 Å². The first-order chi connectivity index (χ1) is 26.3. The van der Waals surface area contributed by atoms with Crippen molar-refractivity contribution >= 4 is 82.5 Å². The number of furan rings is 2. The van der Waals surface area contributed by atoms with E-state index in [-0.39, 0.29) is 0 Å². The highest BCUT2D eigenvalue weighted by atomic mass is 16.3. The second kappa shape index (κ2) is 11.7. The molecule has 0 aliphatic heterocycles. The molecule has 248 valence electrons. The van der Waals surface area contributed by atoms with Gasteiger partial charge in [-0.15, -0.1) is 0 Å². The Morgan fingerprint density at radius 2 is 0.906 bits per heavy atom. The van der Waals surface area contributed by atoms with Crippen LogP contribution in [0.1, 0.15) is 0 Å². The molecule has 0 fully saturated rings. The van der Waals surface area contributed by atoms with E-state index in [9.17, 15) is 0 Å². The zero-order valence-corrected chi connectivity index (χ0v) is 28.7. The molecule has 0 saturated carbocycles. The molecule has 2 heterocycles. The Balaban J connectivity index is 1.12. The van der Waals surface area contributed by atoms with Crippen molar-refractivity contribution in [1.29, 1.82) is 0 Å². The maximum atomic E-state index is 6.53. The first-order valence-corrected chi connectivity index (χ1v) is 18.0. The summed E-state index contributed by atoms with van der Waals surface area (Å²) >= 11 is 0. The molecular weight excluding hydrogens is 647 g/mol. The van der Waals surface area contributed by atoms with Gasteiger partial charge >= 0.3 is 0 Å². The molecule has 0 bridgehead atoms. The van der Waals surface area contributed by atoms with Crippen LogP contribution in [0.15, 0.2) is 197 Å². The van der Waals surface area contributed by atoms with Crippen molar-refractivity contribution in [3.8, 4) is 22.3 Å². The summed E-state index contributed by atoms with van der Waals surface area (Å²) < 4.78 is 12.8. The van der Waals surface area contributed by atoms with Gasteiger partial charge in [0.05, 0.1) is 5.69 Å². The number of hydrogen-bond acceptors (Lipinski definition) is 3. The normalized spacial score (nSPS) is 11.8. The van der Waals surface area contributed by atoms with E-state index in [4.69, 9.17) is 8.83 Å². The Morgan fingerprint density at radius 3 is 1.74 bits per heavy atom. The minimum Gasteiger partial charge on any atom is -0.456 e. The summed E-state index contributed by atoms with van der Waals surface area (Å²) in [7, 11) is 0. The van der Waals surface area contributed by atoms with E-state index in [0.717, 1.165) is 82.8 Å². The van der Waals surface area contributed by atoms with Crippen LogP contribution in [0.25, 0.3) is 87.7 Å². The van der Waals surface area contributed by atoms with Gasteiger partial charge in [0, 0.05) is 43.9 Å². The van der Waals surface area contributed by atoms with Crippen LogP contribution >= 0.6 is 0 Å². The van der Waals surface area contributed by atoms with Gasteiger partial charge in [-0.2, -0.15) is 0 Å². The standard InChI is InChI=1S/C50H31NO2/c1-2-13-36-32(11-1)12-9-18-37(36)33-23-25-34(26-24-33)51(35-27-30-49-45(31-35)42-17-6-7-21-47(42)52-49)46-29-28-39(38-14-3-4-15-40(38)46)43-19-10-20-44-41-16-5-8-22-48(41)53-50(43)44/h1-31H. The van der Waals surface area contributed by atoms with Gasteiger partial charge in [-0.1, -0.05) is 140 Å². The van der Waals surface area contributed by atoms with Crippen LogP contribution in [-0.2, 0) is 0 Å². The SMILES string of the molecule is c1ccc2c(-c3ccc(N(c4ccc5oc6ccccc6c5c4)c4ccc(-c5cccc6c5oc5ccccc56)c5ccccc45)cc3)cccc2c1. The van der Waals surface area contributed by atoms with Gasteiger partial charge in [0.25, 0.3) is 0 Å². The Bertz CT molecular complexity index is 3180. The lowest BCUT2D eigenvalue weighted by Gasteiger charge is -2.28. The smallest absolute Gasteiger partial charge is 0.143 e. The molecular formula is C50H31NO2. The monoisotopic (exact) mass is 677 g/mol. The number of benzene rings is 9. The molecule has 0 aliphatic rings. The number of nitrogens with zero attached hydrogens (tertiary/aromatic N) is 1. The third-order valence-corrected chi connectivity index (χ3v) is 10.7. The van der Waals surface area contributed by atoms with E-state index >= 15 is 0 Å². The number of anilines is 3. The van der Waals surface area contributed by atoms with Crippen molar-refractivity contribution in [2.24, 2.45) is 0 Å². The molecule has 11 aromatic rings. The number of hydrogen-bond donors (Lipinski definition) is 0.